The van der Waals surface area contributed by atoms with E-state index in [2.05, 4.69) is 0 Å². The summed E-state index contributed by atoms with van der Waals surface area (Å²) < 4.78 is 4.83. The van der Waals surface area contributed by atoms with E-state index in [0.29, 0.717) is 5.03 Å². The molecule has 4 heteroatoms. The fraction of sp³-hybridized carbons (Fsp3) is 0.438. The van der Waals surface area contributed by atoms with Gasteiger partial charge in [-0.15, -0.1) is 0 Å². The van der Waals surface area contributed by atoms with Crippen LogP contribution in [0.15, 0.2) is 24.3 Å². The number of halogens is 2. The van der Waals surface area contributed by atoms with Crippen molar-refractivity contribution in [3.05, 3.63) is 40.4 Å². The lowest BCUT2D eigenvalue weighted by atomic mass is 10.1. The normalized spacial score (nSPS) is 24.4. The SMILES string of the molecule is COC(=O)C1C(C=C(Cl)c2ccc(Cl)c(C)c2)C1(C)C. The Morgan fingerprint density at radius 2 is 2.05 bits per heavy atom. The zero-order chi connectivity index (χ0) is 15.1. The Morgan fingerprint density at radius 1 is 1.40 bits per heavy atom. The van der Waals surface area contributed by atoms with Gasteiger partial charge in [-0.1, -0.05) is 49.2 Å². The van der Waals surface area contributed by atoms with E-state index >= 15 is 0 Å². The predicted molar refractivity (Wildman–Crippen MR) is 82.8 cm³/mol. The maximum atomic E-state index is 11.7. The molecule has 0 N–H and O–H groups in total. The van der Waals surface area contributed by atoms with E-state index < -0.39 is 0 Å². The molecule has 20 heavy (non-hydrogen) atoms. The van der Waals surface area contributed by atoms with Crippen molar-refractivity contribution >= 4 is 34.2 Å². The molecule has 1 aromatic carbocycles. The molecule has 0 radical (unpaired) electrons. The van der Waals surface area contributed by atoms with Crippen molar-refractivity contribution in [2.45, 2.75) is 20.8 Å². The van der Waals surface area contributed by atoms with Gasteiger partial charge in [-0.05, 0) is 41.5 Å². The van der Waals surface area contributed by atoms with Crippen LogP contribution in [-0.2, 0) is 9.53 Å². The van der Waals surface area contributed by atoms with Crippen LogP contribution in [0, 0.1) is 24.2 Å². The van der Waals surface area contributed by atoms with E-state index in [1.807, 2.05) is 45.0 Å². The molecule has 2 atom stereocenters. The highest BCUT2D eigenvalue weighted by Crippen LogP contribution is 2.60. The number of methoxy groups -OCH3 is 1. The van der Waals surface area contributed by atoms with Crippen LogP contribution in [0.3, 0.4) is 0 Å². The largest absolute Gasteiger partial charge is 0.469 e. The van der Waals surface area contributed by atoms with Gasteiger partial charge in [0.2, 0.25) is 0 Å². The molecule has 2 unspecified atom stereocenters. The second-order valence-electron chi connectivity index (χ2n) is 5.83. The predicted octanol–water partition coefficient (Wildman–Crippen LogP) is 4.67. The van der Waals surface area contributed by atoms with Crippen molar-refractivity contribution in [2.75, 3.05) is 7.11 Å². The van der Waals surface area contributed by atoms with Crippen LogP contribution < -0.4 is 0 Å². The third kappa shape index (κ3) is 2.72. The van der Waals surface area contributed by atoms with Crippen molar-refractivity contribution in [3.63, 3.8) is 0 Å². The first-order valence-electron chi connectivity index (χ1n) is 6.50. The maximum Gasteiger partial charge on any atom is 0.309 e. The van der Waals surface area contributed by atoms with E-state index in [1.54, 1.807) is 0 Å². The average Bonchev–Trinajstić information content (AvgIpc) is 2.93. The third-order valence-electron chi connectivity index (χ3n) is 4.13. The van der Waals surface area contributed by atoms with Crippen molar-refractivity contribution in [2.24, 2.45) is 17.3 Å². The molecule has 0 aromatic heterocycles. The first kappa shape index (κ1) is 15.4. The van der Waals surface area contributed by atoms with Crippen LogP contribution in [0.5, 0.6) is 0 Å². The van der Waals surface area contributed by atoms with E-state index in [1.165, 1.54) is 7.11 Å². The van der Waals surface area contributed by atoms with E-state index in [0.717, 1.165) is 16.1 Å². The molecule has 0 spiro atoms. The number of benzene rings is 1. The van der Waals surface area contributed by atoms with Gasteiger partial charge in [-0.2, -0.15) is 0 Å². The lowest BCUT2D eigenvalue weighted by Crippen LogP contribution is -2.07. The molecule has 1 saturated carbocycles. The minimum absolute atomic E-state index is 0.102. The number of hydrogen-bond donors (Lipinski definition) is 0. The van der Waals surface area contributed by atoms with Crippen molar-refractivity contribution in [3.8, 4) is 0 Å². The van der Waals surface area contributed by atoms with E-state index in [4.69, 9.17) is 27.9 Å². The smallest absolute Gasteiger partial charge is 0.309 e. The van der Waals surface area contributed by atoms with Gasteiger partial charge in [-0.3, -0.25) is 4.79 Å². The fourth-order valence-corrected chi connectivity index (χ4v) is 2.98. The summed E-state index contributed by atoms with van der Waals surface area (Å²) in [6.07, 6.45) is 1.95. The van der Waals surface area contributed by atoms with Gasteiger partial charge in [0.1, 0.15) is 0 Å². The van der Waals surface area contributed by atoms with Crippen LogP contribution in [0.1, 0.15) is 25.0 Å². The highest BCUT2D eigenvalue weighted by atomic mass is 35.5. The molecule has 0 heterocycles. The van der Waals surface area contributed by atoms with Crippen molar-refractivity contribution in [1.29, 1.82) is 0 Å². The number of carbonyl (C=O) groups excluding carboxylic acids is 1. The quantitative estimate of drug-likeness (QED) is 0.758. The molecule has 0 amide bonds. The van der Waals surface area contributed by atoms with Crippen LogP contribution in [0.2, 0.25) is 5.02 Å². The maximum absolute atomic E-state index is 11.7. The monoisotopic (exact) mass is 312 g/mol. The average molecular weight is 313 g/mol. The molecule has 1 aliphatic carbocycles. The summed E-state index contributed by atoms with van der Waals surface area (Å²) in [6, 6.07) is 5.67. The van der Waals surface area contributed by atoms with Gasteiger partial charge >= 0.3 is 5.97 Å². The summed E-state index contributed by atoms with van der Waals surface area (Å²) in [5.74, 6) is -0.180. The Bertz CT molecular complexity index is 576. The van der Waals surface area contributed by atoms with E-state index in [-0.39, 0.29) is 23.2 Å². The van der Waals surface area contributed by atoms with Gasteiger partial charge in [0.05, 0.1) is 13.0 Å². The molecule has 2 nitrogen and oxygen atoms in total. The Morgan fingerprint density at radius 3 is 2.60 bits per heavy atom. The molecular formula is C16H18Cl2O2. The first-order chi connectivity index (χ1) is 9.28. The molecule has 0 aliphatic heterocycles. The van der Waals surface area contributed by atoms with Crippen LogP contribution in [0.4, 0.5) is 0 Å². The minimum Gasteiger partial charge on any atom is -0.469 e. The number of aryl methyl sites for hydroxylation is 1. The van der Waals surface area contributed by atoms with Crippen molar-refractivity contribution in [1.82, 2.24) is 0 Å². The molecule has 0 saturated heterocycles. The first-order valence-corrected chi connectivity index (χ1v) is 7.26. The number of hydrogen-bond acceptors (Lipinski definition) is 2. The van der Waals surface area contributed by atoms with Gasteiger partial charge in [0.25, 0.3) is 0 Å². The number of esters is 1. The van der Waals surface area contributed by atoms with E-state index in [9.17, 15) is 4.79 Å². The number of ether oxygens (including phenoxy) is 1. The lowest BCUT2D eigenvalue weighted by molar-refractivity contribution is -0.143. The third-order valence-corrected chi connectivity index (χ3v) is 4.89. The second kappa shape index (κ2) is 5.42. The Kier molecular flexibility index (Phi) is 4.17. The topological polar surface area (TPSA) is 26.3 Å². The minimum atomic E-state index is -0.173. The molecule has 1 fully saturated rings. The van der Waals surface area contributed by atoms with Gasteiger partial charge in [0.15, 0.2) is 0 Å². The summed E-state index contributed by atoms with van der Waals surface area (Å²) >= 11 is 12.4. The summed E-state index contributed by atoms with van der Waals surface area (Å²) in [5, 5.41) is 1.37. The van der Waals surface area contributed by atoms with Gasteiger partial charge < -0.3 is 4.74 Å². The fourth-order valence-electron chi connectivity index (χ4n) is 2.61. The molecular weight excluding hydrogens is 295 g/mol. The summed E-state index contributed by atoms with van der Waals surface area (Å²) in [4.78, 5) is 11.7. The molecule has 2 rings (SSSR count). The highest BCUT2D eigenvalue weighted by Gasteiger charge is 2.61. The van der Waals surface area contributed by atoms with Crippen LogP contribution in [-0.4, -0.2) is 13.1 Å². The zero-order valence-electron chi connectivity index (χ0n) is 12.0. The lowest BCUT2D eigenvalue weighted by Gasteiger charge is -2.04. The Hall–Kier alpha value is -0.990. The Labute approximate surface area is 129 Å². The standard InChI is InChI=1S/C16H18Cl2O2/c1-9-7-10(5-6-12(9)17)13(18)8-11-14(15(19)20-4)16(11,2)3/h5-8,11,14H,1-4H3. The second-order valence-corrected chi connectivity index (χ2v) is 6.64. The number of carbonyl (C=O) groups is 1. The summed E-state index contributed by atoms with van der Waals surface area (Å²) in [7, 11) is 1.42. The highest BCUT2D eigenvalue weighted by molar-refractivity contribution is 6.48. The summed E-state index contributed by atoms with van der Waals surface area (Å²) in [5.41, 5.74) is 1.80. The molecule has 108 valence electrons. The van der Waals surface area contributed by atoms with Crippen LogP contribution in [0.25, 0.3) is 5.03 Å². The molecule has 1 aliphatic rings. The van der Waals surface area contributed by atoms with Gasteiger partial charge in [-0.25, -0.2) is 0 Å². The molecule has 1 aromatic rings. The zero-order valence-corrected chi connectivity index (χ0v) is 13.5. The molecule has 0 bridgehead atoms. The summed E-state index contributed by atoms with van der Waals surface area (Å²) in [6.45, 7) is 6.04. The number of allylic oxidation sites excluding steroid dienone is 1. The van der Waals surface area contributed by atoms with Crippen molar-refractivity contribution < 1.29 is 9.53 Å². The van der Waals surface area contributed by atoms with Gasteiger partial charge in [0, 0.05) is 10.1 Å². The van der Waals surface area contributed by atoms with Crippen LogP contribution >= 0.6 is 23.2 Å². The number of rotatable bonds is 3. The Balaban J connectivity index is 2.23.